The highest BCUT2D eigenvalue weighted by Gasteiger charge is 2.13. The summed E-state index contributed by atoms with van der Waals surface area (Å²) in [5.41, 5.74) is 5.96. The summed E-state index contributed by atoms with van der Waals surface area (Å²) in [5.74, 6) is -0.00352. The summed E-state index contributed by atoms with van der Waals surface area (Å²) in [7, 11) is 3.95. The fourth-order valence-corrected chi connectivity index (χ4v) is 3.83. The molecular weight excluding hydrogens is 374 g/mol. The number of anilines is 1. The van der Waals surface area contributed by atoms with E-state index in [4.69, 9.17) is 0 Å². The summed E-state index contributed by atoms with van der Waals surface area (Å²) < 4.78 is 0. The minimum absolute atomic E-state index is 0.0441. The van der Waals surface area contributed by atoms with E-state index in [0.29, 0.717) is 21.8 Å². The van der Waals surface area contributed by atoms with E-state index in [2.05, 4.69) is 20.5 Å². The van der Waals surface area contributed by atoms with Crippen molar-refractivity contribution >= 4 is 38.9 Å². The minimum atomic E-state index is -0.336. The van der Waals surface area contributed by atoms with Crippen molar-refractivity contribution in [2.45, 2.75) is 27.2 Å². The average molecular weight is 398 g/mol. The van der Waals surface area contributed by atoms with Gasteiger partial charge in [-0.25, -0.2) is 10.4 Å². The van der Waals surface area contributed by atoms with Crippen molar-refractivity contribution in [3.63, 3.8) is 0 Å². The van der Waals surface area contributed by atoms with Gasteiger partial charge in [-0.2, -0.15) is 5.10 Å². The highest BCUT2D eigenvalue weighted by molar-refractivity contribution is 7.18. The fourth-order valence-electron chi connectivity index (χ4n) is 2.79. The number of nitrogens with zero attached hydrogens (tertiary/aromatic N) is 3. The van der Waals surface area contributed by atoms with Gasteiger partial charge in [0.05, 0.1) is 17.5 Å². The van der Waals surface area contributed by atoms with Gasteiger partial charge in [0.15, 0.2) is 0 Å². The van der Waals surface area contributed by atoms with E-state index in [1.165, 1.54) is 11.3 Å². The van der Waals surface area contributed by atoms with Gasteiger partial charge >= 0.3 is 0 Å². The monoisotopic (exact) mass is 397 g/mol. The first kappa shape index (κ1) is 19.8. The quantitative estimate of drug-likeness (QED) is 0.512. The van der Waals surface area contributed by atoms with Crippen LogP contribution in [0.3, 0.4) is 0 Å². The van der Waals surface area contributed by atoms with Gasteiger partial charge in [0.25, 0.3) is 5.56 Å². The molecule has 146 valence electrons. The molecule has 2 N–H and O–H groups in total. The zero-order chi connectivity index (χ0) is 20.4. The van der Waals surface area contributed by atoms with Gasteiger partial charge in [0.1, 0.15) is 10.7 Å². The molecule has 0 saturated heterocycles. The molecule has 0 atom stereocenters. The van der Waals surface area contributed by atoms with Crippen molar-refractivity contribution in [2.24, 2.45) is 5.10 Å². The summed E-state index contributed by atoms with van der Waals surface area (Å²) in [6.45, 7) is 5.68. The van der Waals surface area contributed by atoms with E-state index in [1.807, 2.05) is 64.0 Å². The van der Waals surface area contributed by atoms with Crippen LogP contribution in [0.4, 0.5) is 5.69 Å². The SMILES string of the molecule is C/C(=N/NC(=O)Cc1nc2sc(C)c(C)c2c(=O)[nH]1)c1ccc(N(C)C)cc1. The Morgan fingerprint density at radius 2 is 1.93 bits per heavy atom. The van der Waals surface area contributed by atoms with Crippen LogP contribution in [0.25, 0.3) is 10.2 Å². The van der Waals surface area contributed by atoms with Gasteiger partial charge in [-0.05, 0) is 44.0 Å². The number of aromatic amines is 1. The minimum Gasteiger partial charge on any atom is -0.378 e. The summed E-state index contributed by atoms with van der Waals surface area (Å²) in [5, 5.41) is 4.75. The van der Waals surface area contributed by atoms with Crippen LogP contribution in [0.15, 0.2) is 34.2 Å². The Labute approximate surface area is 167 Å². The molecule has 0 unspecified atom stereocenters. The van der Waals surface area contributed by atoms with Crippen LogP contribution in [0.1, 0.15) is 28.8 Å². The maximum atomic E-state index is 12.3. The van der Waals surface area contributed by atoms with Crippen LogP contribution in [0.5, 0.6) is 0 Å². The Balaban J connectivity index is 1.70. The molecule has 3 rings (SSSR count). The maximum Gasteiger partial charge on any atom is 0.259 e. The number of hydrogen-bond donors (Lipinski definition) is 2. The number of aromatic nitrogens is 2. The highest BCUT2D eigenvalue weighted by atomic mass is 32.1. The number of hydrogen-bond acceptors (Lipinski definition) is 6. The van der Waals surface area contributed by atoms with Crippen LogP contribution >= 0.6 is 11.3 Å². The number of benzene rings is 1. The Morgan fingerprint density at radius 1 is 1.25 bits per heavy atom. The second-order valence-electron chi connectivity index (χ2n) is 6.83. The van der Waals surface area contributed by atoms with Crippen LogP contribution < -0.4 is 15.9 Å². The zero-order valence-corrected chi connectivity index (χ0v) is 17.4. The van der Waals surface area contributed by atoms with Gasteiger partial charge in [-0.3, -0.25) is 9.59 Å². The number of amides is 1. The number of hydrazone groups is 1. The van der Waals surface area contributed by atoms with Crippen molar-refractivity contribution < 1.29 is 4.79 Å². The lowest BCUT2D eigenvalue weighted by Crippen LogP contribution is -2.24. The predicted molar refractivity (Wildman–Crippen MR) is 115 cm³/mol. The largest absolute Gasteiger partial charge is 0.378 e. The summed E-state index contributed by atoms with van der Waals surface area (Å²) in [6, 6.07) is 7.89. The number of fused-ring (bicyclic) bond motifs is 1. The summed E-state index contributed by atoms with van der Waals surface area (Å²) >= 11 is 1.46. The van der Waals surface area contributed by atoms with E-state index in [1.54, 1.807) is 0 Å². The molecular formula is C20H23N5O2S. The molecule has 7 nitrogen and oxygen atoms in total. The molecule has 0 fully saturated rings. The lowest BCUT2D eigenvalue weighted by atomic mass is 10.1. The molecule has 2 heterocycles. The number of thiophene rings is 1. The van der Waals surface area contributed by atoms with E-state index in [-0.39, 0.29) is 17.9 Å². The molecule has 0 aliphatic rings. The third-order valence-corrected chi connectivity index (χ3v) is 5.67. The van der Waals surface area contributed by atoms with Crippen molar-refractivity contribution in [1.82, 2.24) is 15.4 Å². The molecule has 0 aliphatic carbocycles. The number of carbonyl (C=O) groups is 1. The first-order valence-corrected chi connectivity index (χ1v) is 9.67. The molecule has 0 spiro atoms. The van der Waals surface area contributed by atoms with Gasteiger partial charge in [0, 0.05) is 24.7 Å². The van der Waals surface area contributed by atoms with Crippen LogP contribution in [0.2, 0.25) is 0 Å². The van der Waals surface area contributed by atoms with Crippen molar-refractivity contribution in [3.8, 4) is 0 Å². The predicted octanol–water partition coefficient (Wildman–Crippen LogP) is 2.75. The van der Waals surface area contributed by atoms with Gasteiger partial charge in [-0.15, -0.1) is 11.3 Å². The van der Waals surface area contributed by atoms with Gasteiger partial charge in [-0.1, -0.05) is 12.1 Å². The Bertz CT molecular complexity index is 1110. The second-order valence-corrected chi connectivity index (χ2v) is 8.03. The van der Waals surface area contributed by atoms with E-state index < -0.39 is 0 Å². The van der Waals surface area contributed by atoms with Crippen molar-refractivity contribution in [2.75, 3.05) is 19.0 Å². The van der Waals surface area contributed by atoms with Crippen LogP contribution in [0, 0.1) is 13.8 Å². The first-order chi connectivity index (χ1) is 13.3. The lowest BCUT2D eigenvalue weighted by molar-refractivity contribution is -0.120. The molecule has 2 aromatic heterocycles. The van der Waals surface area contributed by atoms with Crippen molar-refractivity contribution in [3.05, 3.63) is 56.4 Å². The Hall–Kier alpha value is -3.00. The lowest BCUT2D eigenvalue weighted by Gasteiger charge is -2.12. The number of rotatable bonds is 5. The van der Waals surface area contributed by atoms with Gasteiger partial charge in [0.2, 0.25) is 5.91 Å². The number of carbonyl (C=O) groups excluding carboxylic acids is 1. The number of aryl methyl sites for hydroxylation is 2. The van der Waals surface area contributed by atoms with Gasteiger partial charge < -0.3 is 9.88 Å². The molecule has 28 heavy (non-hydrogen) atoms. The highest BCUT2D eigenvalue weighted by Crippen LogP contribution is 2.25. The normalized spacial score (nSPS) is 11.7. The molecule has 8 heteroatoms. The summed E-state index contributed by atoms with van der Waals surface area (Å²) in [4.78, 5) is 35.4. The maximum absolute atomic E-state index is 12.3. The summed E-state index contributed by atoms with van der Waals surface area (Å²) in [6.07, 6.45) is -0.0441. The first-order valence-electron chi connectivity index (χ1n) is 8.86. The van der Waals surface area contributed by atoms with E-state index >= 15 is 0 Å². The molecule has 1 aromatic carbocycles. The van der Waals surface area contributed by atoms with Crippen LogP contribution in [-0.4, -0.2) is 35.7 Å². The Kier molecular flexibility index (Phi) is 5.60. The standard InChI is InChI=1S/C20H23N5O2S/c1-11-13(3)28-20-18(11)19(27)21-16(22-20)10-17(26)24-23-12(2)14-6-8-15(9-7-14)25(4)5/h6-9H,10H2,1-5H3,(H,24,26)(H,21,22,27)/b23-12-. The molecule has 3 aromatic rings. The molecule has 0 bridgehead atoms. The molecule has 0 aliphatic heterocycles. The van der Waals surface area contributed by atoms with E-state index in [0.717, 1.165) is 21.7 Å². The smallest absolute Gasteiger partial charge is 0.259 e. The molecule has 0 radical (unpaired) electrons. The molecule has 1 amide bonds. The average Bonchev–Trinajstić information content (AvgIpc) is 2.94. The second kappa shape index (κ2) is 7.93. The topological polar surface area (TPSA) is 90.5 Å². The van der Waals surface area contributed by atoms with Crippen LogP contribution in [-0.2, 0) is 11.2 Å². The number of H-pyrrole nitrogens is 1. The van der Waals surface area contributed by atoms with E-state index in [9.17, 15) is 9.59 Å². The fraction of sp³-hybridized carbons (Fsp3) is 0.300. The Morgan fingerprint density at radius 3 is 2.57 bits per heavy atom. The third-order valence-electron chi connectivity index (χ3n) is 4.57. The molecule has 0 saturated carbocycles. The number of nitrogens with one attached hydrogen (secondary N) is 2. The van der Waals surface area contributed by atoms with Crippen molar-refractivity contribution in [1.29, 1.82) is 0 Å². The zero-order valence-electron chi connectivity index (χ0n) is 16.6. The third kappa shape index (κ3) is 4.12.